The van der Waals surface area contributed by atoms with E-state index in [4.69, 9.17) is 0 Å². The molecule has 106 valence electrons. The van der Waals surface area contributed by atoms with Gasteiger partial charge < -0.3 is 0 Å². The van der Waals surface area contributed by atoms with Crippen LogP contribution in [0.3, 0.4) is 0 Å². The van der Waals surface area contributed by atoms with Crippen molar-refractivity contribution >= 4 is 11.8 Å². The van der Waals surface area contributed by atoms with Gasteiger partial charge in [0.05, 0.1) is 17.2 Å². The van der Waals surface area contributed by atoms with Gasteiger partial charge in [0.15, 0.2) is 0 Å². The number of nitrogens with zero attached hydrogens (tertiary/aromatic N) is 1. The molecule has 1 unspecified atom stereocenters. The molecule has 3 rings (SSSR count). The van der Waals surface area contributed by atoms with Crippen molar-refractivity contribution in [1.29, 1.82) is 0 Å². The molecule has 0 fully saturated rings. The molecular weight excluding hydrogens is 262 g/mol. The van der Waals surface area contributed by atoms with Crippen LogP contribution < -0.4 is 0 Å². The average Bonchev–Trinajstić information content (AvgIpc) is 2.74. The number of rotatable bonds is 3. The van der Waals surface area contributed by atoms with Gasteiger partial charge in [-0.15, -0.1) is 0 Å². The molecule has 1 atom stereocenters. The van der Waals surface area contributed by atoms with E-state index < -0.39 is 0 Å². The van der Waals surface area contributed by atoms with Gasteiger partial charge in [-0.3, -0.25) is 14.5 Å². The van der Waals surface area contributed by atoms with Crippen LogP contribution in [-0.2, 0) is 0 Å². The summed E-state index contributed by atoms with van der Waals surface area (Å²) in [6.07, 6.45) is 0. The SMILES string of the molecule is CC(C)C(c1ccccc1)N1C(=O)c2ccccc2C1=O. The van der Waals surface area contributed by atoms with Crippen LogP contribution in [-0.4, -0.2) is 16.7 Å². The number of fused-ring (bicyclic) bond motifs is 1. The van der Waals surface area contributed by atoms with Crippen molar-refractivity contribution < 1.29 is 9.59 Å². The van der Waals surface area contributed by atoms with Gasteiger partial charge in [-0.2, -0.15) is 0 Å². The number of carbonyl (C=O) groups excluding carboxylic acids is 2. The van der Waals surface area contributed by atoms with Gasteiger partial charge in [-0.05, 0) is 23.6 Å². The van der Waals surface area contributed by atoms with Crippen LogP contribution in [0.25, 0.3) is 0 Å². The smallest absolute Gasteiger partial charge is 0.262 e. The highest BCUT2D eigenvalue weighted by atomic mass is 16.2. The Bertz CT molecular complexity index is 656. The van der Waals surface area contributed by atoms with Crippen molar-refractivity contribution in [2.45, 2.75) is 19.9 Å². The summed E-state index contributed by atoms with van der Waals surface area (Å²) in [5.41, 5.74) is 2.00. The fourth-order valence-corrected chi connectivity index (χ4v) is 2.94. The van der Waals surface area contributed by atoms with Gasteiger partial charge in [0.2, 0.25) is 0 Å². The molecule has 2 aromatic carbocycles. The van der Waals surface area contributed by atoms with Crippen LogP contribution >= 0.6 is 0 Å². The maximum absolute atomic E-state index is 12.6. The minimum absolute atomic E-state index is 0.148. The summed E-state index contributed by atoms with van der Waals surface area (Å²) in [5.74, 6) is -0.245. The third-order valence-corrected chi connectivity index (χ3v) is 3.88. The number of amides is 2. The number of hydrogen-bond donors (Lipinski definition) is 0. The standard InChI is InChI=1S/C18H17NO2/c1-12(2)16(13-8-4-3-5-9-13)19-17(20)14-10-6-7-11-15(14)18(19)21/h3-12,16H,1-2H3. The Hall–Kier alpha value is -2.42. The van der Waals surface area contributed by atoms with E-state index in [1.54, 1.807) is 24.3 Å². The van der Waals surface area contributed by atoms with Crippen LogP contribution in [0.15, 0.2) is 54.6 Å². The Morgan fingerprint density at radius 1 is 0.762 bits per heavy atom. The van der Waals surface area contributed by atoms with Crippen molar-refractivity contribution in [2.75, 3.05) is 0 Å². The second kappa shape index (κ2) is 5.17. The average molecular weight is 279 g/mol. The summed E-state index contributed by atoms with van der Waals surface area (Å²) in [6, 6.07) is 16.5. The molecule has 0 aromatic heterocycles. The van der Waals surface area contributed by atoms with Crippen LogP contribution in [0.1, 0.15) is 46.2 Å². The molecule has 1 heterocycles. The highest BCUT2D eigenvalue weighted by molar-refractivity contribution is 6.21. The lowest BCUT2D eigenvalue weighted by atomic mass is 9.94. The Kier molecular flexibility index (Phi) is 3.34. The van der Waals surface area contributed by atoms with E-state index in [1.807, 2.05) is 44.2 Å². The molecule has 1 aliphatic heterocycles. The Labute approximate surface area is 124 Å². The number of benzene rings is 2. The molecule has 0 saturated carbocycles. The third kappa shape index (κ3) is 2.15. The van der Waals surface area contributed by atoms with Crippen LogP contribution in [0, 0.1) is 5.92 Å². The number of hydrogen-bond acceptors (Lipinski definition) is 2. The predicted octanol–water partition coefficient (Wildman–Crippen LogP) is 3.68. The molecule has 0 bridgehead atoms. The summed E-state index contributed by atoms with van der Waals surface area (Å²) in [5, 5.41) is 0. The first-order valence-electron chi connectivity index (χ1n) is 7.13. The van der Waals surface area contributed by atoms with Gasteiger partial charge in [0.25, 0.3) is 11.8 Å². The largest absolute Gasteiger partial charge is 0.269 e. The van der Waals surface area contributed by atoms with E-state index >= 15 is 0 Å². The lowest BCUT2D eigenvalue weighted by molar-refractivity contribution is 0.0538. The zero-order chi connectivity index (χ0) is 15.0. The van der Waals surface area contributed by atoms with E-state index in [0.717, 1.165) is 5.56 Å². The Balaban J connectivity index is 2.07. The van der Waals surface area contributed by atoms with E-state index in [9.17, 15) is 9.59 Å². The summed E-state index contributed by atoms with van der Waals surface area (Å²) < 4.78 is 0. The highest BCUT2D eigenvalue weighted by Gasteiger charge is 2.41. The molecule has 0 N–H and O–H groups in total. The fraction of sp³-hybridized carbons (Fsp3) is 0.222. The zero-order valence-electron chi connectivity index (χ0n) is 12.1. The first kappa shape index (κ1) is 13.6. The molecule has 2 amide bonds. The molecule has 21 heavy (non-hydrogen) atoms. The number of carbonyl (C=O) groups is 2. The van der Waals surface area contributed by atoms with Crippen LogP contribution in [0.4, 0.5) is 0 Å². The number of imide groups is 1. The van der Waals surface area contributed by atoms with Crippen molar-refractivity contribution in [3.05, 3.63) is 71.3 Å². The molecule has 3 nitrogen and oxygen atoms in total. The van der Waals surface area contributed by atoms with Crippen molar-refractivity contribution in [1.82, 2.24) is 4.90 Å². The highest BCUT2D eigenvalue weighted by Crippen LogP contribution is 2.35. The molecule has 0 radical (unpaired) electrons. The second-order valence-corrected chi connectivity index (χ2v) is 5.63. The van der Waals surface area contributed by atoms with Crippen molar-refractivity contribution in [3.8, 4) is 0 Å². The van der Waals surface area contributed by atoms with Crippen LogP contribution in [0.2, 0.25) is 0 Å². The molecule has 0 spiro atoms. The van der Waals surface area contributed by atoms with Gasteiger partial charge in [-0.25, -0.2) is 0 Å². The van der Waals surface area contributed by atoms with Crippen molar-refractivity contribution in [3.63, 3.8) is 0 Å². The molecule has 2 aromatic rings. The maximum Gasteiger partial charge on any atom is 0.262 e. The normalized spacial score (nSPS) is 15.5. The first-order valence-corrected chi connectivity index (χ1v) is 7.13. The monoisotopic (exact) mass is 279 g/mol. The molecule has 0 saturated heterocycles. The maximum atomic E-state index is 12.6. The van der Waals surface area contributed by atoms with Gasteiger partial charge in [0.1, 0.15) is 0 Å². The molecular formula is C18H17NO2. The zero-order valence-corrected chi connectivity index (χ0v) is 12.1. The fourth-order valence-electron chi connectivity index (χ4n) is 2.94. The quantitative estimate of drug-likeness (QED) is 0.804. The van der Waals surface area contributed by atoms with Gasteiger partial charge in [0, 0.05) is 0 Å². The Morgan fingerprint density at radius 2 is 1.24 bits per heavy atom. The van der Waals surface area contributed by atoms with E-state index in [2.05, 4.69) is 0 Å². The summed E-state index contributed by atoms with van der Waals surface area (Å²) >= 11 is 0. The summed E-state index contributed by atoms with van der Waals surface area (Å²) in [7, 11) is 0. The van der Waals surface area contributed by atoms with Gasteiger partial charge >= 0.3 is 0 Å². The minimum atomic E-state index is -0.237. The van der Waals surface area contributed by atoms with E-state index in [1.165, 1.54) is 4.90 Å². The van der Waals surface area contributed by atoms with Gasteiger partial charge in [-0.1, -0.05) is 56.3 Å². The van der Waals surface area contributed by atoms with E-state index in [0.29, 0.717) is 11.1 Å². The Morgan fingerprint density at radius 3 is 1.71 bits per heavy atom. The van der Waals surface area contributed by atoms with Crippen molar-refractivity contribution in [2.24, 2.45) is 5.92 Å². The lowest BCUT2D eigenvalue weighted by Gasteiger charge is -2.29. The summed E-state index contributed by atoms with van der Waals surface area (Å²) in [6.45, 7) is 4.06. The second-order valence-electron chi connectivity index (χ2n) is 5.63. The molecule has 0 aliphatic carbocycles. The minimum Gasteiger partial charge on any atom is -0.269 e. The lowest BCUT2D eigenvalue weighted by Crippen LogP contribution is -2.36. The summed E-state index contributed by atoms with van der Waals surface area (Å²) in [4.78, 5) is 26.7. The third-order valence-electron chi connectivity index (χ3n) is 3.88. The molecule has 3 heteroatoms. The predicted molar refractivity (Wildman–Crippen MR) is 81.0 cm³/mol. The first-order chi connectivity index (χ1) is 10.1. The molecule has 1 aliphatic rings. The van der Waals surface area contributed by atoms with E-state index in [-0.39, 0.29) is 23.8 Å². The topological polar surface area (TPSA) is 37.4 Å². The van der Waals surface area contributed by atoms with Crippen LogP contribution in [0.5, 0.6) is 0 Å².